The third kappa shape index (κ3) is 3.54. The lowest BCUT2D eigenvalue weighted by atomic mass is 10.0. The second kappa shape index (κ2) is 7.74. The largest absolute Gasteiger partial charge is 0.358 e. The van der Waals surface area contributed by atoms with Crippen LogP contribution in [0.5, 0.6) is 0 Å². The van der Waals surface area contributed by atoms with Crippen LogP contribution in [0.25, 0.3) is 0 Å². The molecule has 0 saturated carbocycles. The Hall–Kier alpha value is -1.28. The molecule has 0 aliphatic carbocycles. The van der Waals surface area contributed by atoms with Gasteiger partial charge in [-0.3, -0.25) is 4.79 Å². The molecule has 0 unspecified atom stereocenters. The quantitative estimate of drug-likeness (QED) is 0.841. The van der Waals surface area contributed by atoms with Gasteiger partial charge in [0, 0.05) is 26.4 Å². The van der Waals surface area contributed by atoms with Gasteiger partial charge in [0.1, 0.15) is 5.72 Å². The Labute approximate surface area is 145 Å². The van der Waals surface area contributed by atoms with E-state index < -0.39 is 15.7 Å². The topological polar surface area (TPSA) is 75.7 Å². The molecule has 0 bridgehead atoms. The van der Waals surface area contributed by atoms with Gasteiger partial charge >= 0.3 is 0 Å². The Morgan fingerprint density at radius 1 is 1.21 bits per heavy atom. The number of Topliss-reactive ketones (excluding diaryl/α,β-unsaturated/α-hetero) is 1. The Balaban J connectivity index is 0.00000101. The number of nitrogens with zero attached hydrogens (tertiary/aromatic N) is 1. The van der Waals surface area contributed by atoms with Gasteiger partial charge in [-0.05, 0) is 32.1 Å². The summed E-state index contributed by atoms with van der Waals surface area (Å²) in [5.74, 6) is -0.0803. The molecule has 2 saturated heterocycles. The fourth-order valence-electron chi connectivity index (χ4n) is 3.13. The lowest BCUT2D eigenvalue weighted by Crippen LogP contribution is -2.53. The molecule has 2 heterocycles. The van der Waals surface area contributed by atoms with Crippen molar-refractivity contribution in [2.24, 2.45) is 0 Å². The number of ketones is 1. The van der Waals surface area contributed by atoms with Gasteiger partial charge in [-0.2, -0.15) is 4.31 Å². The summed E-state index contributed by atoms with van der Waals surface area (Å²) in [6.07, 6.45) is 1.30. The summed E-state index contributed by atoms with van der Waals surface area (Å²) in [5, 5.41) is 3.23. The number of carbonyl (C=O) groups excluding carboxylic acids is 1. The minimum absolute atomic E-state index is 0. The number of sulfonamides is 1. The van der Waals surface area contributed by atoms with E-state index in [2.05, 4.69) is 5.32 Å². The van der Waals surface area contributed by atoms with Gasteiger partial charge in [0.05, 0.1) is 11.5 Å². The molecule has 3 rings (SSSR count). The van der Waals surface area contributed by atoms with Crippen LogP contribution in [-0.2, 0) is 14.8 Å². The molecule has 1 spiro atoms. The molecule has 1 aromatic rings. The number of carbonyl (C=O) groups is 1. The van der Waals surface area contributed by atoms with E-state index in [9.17, 15) is 13.2 Å². The SMILES string of the molecule is CC.CC(=O)c1ccc(S(=O)(=O)N2CCOC23CCNCC3)cc1.[HH]. The number of benzene rings is 1. The zero-order valence-corrected chi connectivity index (χ0v) is 15.4. The highest BCUT2D eigenvalue weighted by Gasteiger charge is 2.49. The fraction of sp³-hybridized carbons (Fsp3) is 0.588. The summed E-state index contributed by atoms with van der Waals surface area (Å²) in [4.78, 5) is 11.5. The first kappa shape index (κ1) is 19.1. The Morgan fingerprint density at radius 3 is 2.33 bits per heavy atom. The minimum Gasteiger partial charge on any atom is -0.358 e. The molecule has 136 valence electrons. The Kier molecular flexibility index (Phi) is 6.14. The van der Waals surface area contributed by atoms with Gasteiger partial charge in [-0.1, -0.05) is 26.0 Å². The van der Waals surface area contributed by atoms with E-state index in [0.29, 0.717) is 31.6 Å². The average molecular weight is 356 g/mol. The van der Waals surface area contributed by atoms with Gasteiger partial charge in [0.15, 0.2) is 5.78 Å². The molecule has 1 N–H and O–H groups in total. The number of rotatable bonds is 3. The van der Waals surface area contributed by atoms with Crippen molar-refractivity contribution in [3.63, 3.8) is 0 Å². The van der Waals surface area contributed by atoms with Crippen molar-refractivity contribution >= 4 is 15.8 Å². The van der Waals surface area contributed by atoms with Crippen LogP contribution in [0.2, 0.25) is 0 Å². The van der Waals surface area contributed by atoms with Crippen LogP contribution >= 0.6 is 0 Å². The number of nitrogens with one attached hydrogen (secondary N) is 1. The van der Waals surface area contributed by atoms with Crippen molar-refractivity contribution in [2.45, 2.75) is 44.2 Å². The highest BCUT2D eigenvalue weighted by Crippen LogP contribution is 2.36. The molecule has 1 aromatic carbocycles. The normalized spacial score (nSPS) is 20.5. The van der Waals surface area contributed by atoms with E-state index in [1.54, 1.807) is 12.1 Å². The van der Waals surface area contributed by atoms with E-state index in [1.165, 1.54) is 23.4 Å². The highest BCUT2D eigenvalue weighted by atomic mass is 32.2. The molecule has 0 radical (unpaired) electrons. The predicted octanol–water partition coefficient (Wildman–Crippen LogP) is 2.26. The van der Waals surface area contributed by atoms with Crippen LogP contribution in [-0.4, -0.2) is 50.5 Å². The third-order valence-electron chi connectivity index (χ3n) is 4.35. The molecule has 2 aliphatic rings. The third-order valence-corrected chi connectivity index (χ3v) is 6.32. The Bertz CT molecular complexity index is 670. The molecule has 7 heteroatoms. The lowest BCUT2D eigenvalue weighted by molar-refractivity contribution is -0.0704. The zero-order valence-electron chi connectivity index (χ0n) is 14.5. The highest BCUT2D eigenvalue weighted by molar-refractivity contribution is 7.89. The van der Waals surface area contributed by atoms with Crippen LogP contribution in [0.1, 0.15) is 45.4 Å². The second-order valence-corrected chi connectivity index (χ2v) is 7.56. The van der Waals surface area contributed by atoms with Crippen LogP contribution in [0, 0.1) is 0 Å². The molecular weight excluding hydrogens is 328 g/mol. The van der Waals surface area contributed by atoms with Crippen molar-refractivity contribution < 1.29 is 19.4 Å². The minimum atomic E-state index is -3.62. The number of ether oxygens (including phenoxy) is 1. The van der Waals surface area contributed by atoms with E-state index in [0.717, 1.165) is 13.1 Å². The van der Waals surface area contributed by atoms with Crippen LogP contribution in [0.15, 0.2) is 29.2 Å². The van der Waals surface area contributed by atoms with Crippen molar-refractivity contribution in [2.75, 3.05) is 26.2 Å². The predicted molar refractivity (Wildman–Crippen MR) is 94.6 cm³/mol. The zero-order chi connectivity index (χ0) is 17.8. The van der Waals surface area contributed by atoms with Gasteiger partial charge in [0.2, 0.25) is 10.0 Å². The summed E-state index contributed by atoms with van der Waals surface area (Å²) < 4.78 is 33.2. The molecule has 6 nitrogen and oxygen atoms in total. The maximum absolute atomic E-state index is 12.9. The van der Waals surface area contributed by atoms with Crippen LogP contribution < -0.4 is 5.32 Å². The molecule has 0 aromatic heterocycles. The lowest BCUT2D eigenvalue weighted by Gasteiger charge is -2.39. The first-order chi connectivity index (χ1) is 11.5. The Morgan fingerprint density at radius 2 is 1.79 bits per heavy atom. The smallest absolute Gasteiger partial charge is 0.245 e. The summed E-state index contributed by atoms with van der Waals surface area (Å²) in [6, 6.07) is 6.11. The summed E-state index contributed by atoms with van der Waals surface area (Å²) in [7, 11) is -3.62. The first-order valence-corrected chi connectivity index (χ1v) is 9.88. The molecular formula is C17H28N2O4S. The van der Waals surface area contributed by atoms with E-state index in [4.69, 9.17) is 4.74 Å². The van der Waals surface area contributed by atoms with E-state index in [-0.39, 0.29) is 12.1 Å². The fourth-order valence-corrected chi connectivity index (χ4v) is 4.86. The second-order valence-electron chi connectivity index (χ2n) is 5.70. The van der Waals surface area contributed by atoms with Gasteiger partial charge in [-0.25, -0.2) is 8.42 Å². The molecule has 0 amide bonds. The van der Waals surface area contributed by atoms with Crippen molar-refractivity contribution in [3.8, 4) is 0 Å². The van der Waals surface area contributed by atoms with Crippen molar-refractivity contribution in [1.29, 1.82) is 0 Å². The maximum Gasteiger partial charge on any atom is 0.245 e. The first-order valence-electron chi connectivity index (χ1n) is 8.44. The summed E-state index contributed by atoms with van der Waals surface area (Å²) in [5.41, 5.74) is -0.211. The van der Waals surface area contributed by atoms with E-state index >= 15 is 0 Å². The number of hydrogen-bond acceptors (Lipinski definition) is 5. The monoisotopic (exact) mass is 356 g/mol. The van der Waals surface area contributed by atoms with Gasteiger partial charge in [-0.15, -0.1) is 0 Å². The standard InChI is InChI=1S/C15H20N2O4S.C2H6.H2/c1-12(18)13-2-4-14(5-3-13)22(19,20)17-10-11-21-15(17)6-8-16-9-7-15;1-2;/h2-5,16H,6-11H2,1H3;1-2H3;1H. The van der Waals surface area contributed by atoms with Gasteiger partial charge < -0.3 is 10.1 Å². The molecule has 0 atom stereocenters. The summed E-state index contributed by atoms with van der Waals surface area (Å²) >= 11 is 0. The van der Waals surface area contributed by atoms with Crippen molar-refractivity contribution in [1.82, 2.24) is 9.62 Å². The molecule has 24 heavy (non-hydrogen) atoms. The average Bonchev–Trinajstić information content (AvgIpc) is 3.01. The summed E-state index contributed by atoms with van der Waals surface area (Å²) in [6.45, 7) is 7.74. The molecule has 2 aliphatic heterocycles. The van der Waals surface area contributed by atoms with E-state index in [1.807, 2.05) is 13.8 Å². The van der Waals surface area contributed by atoms with Crippen LogP contribution in [0.4, 0.5) is 0 Å². The number of hydrogen-bond donors (Lipinski definition) is 1. The number of piperidine rings is 1. The van der Waals surface area contributed by atoms with Crippen molar-refractivity contribution in [3.05, 3.63) is 29.8 Å². The van der Waals surface area contributed by atoms with Crippen LogP contribution in [0.3, 0.4) is 0 Å². The van der Waals surface area contributed by atoms with Gasteiger partial charge in [0.25, 0.3) is 0 Å². The molecule has 2 fully saturated rings. The maximum atomic E-state index is 12.9.